The third-order valence-electron chi connectivity index (χ3n) is 4.13. The van der Waals surface area contributed by atoms with E-state index in [2.05, 4.69) is 15.6 Å². The van der Waals surface area contributed by atoms with Crippen molar-refractivity contribution in [1.82, 2.24) is 10.3 Å². The molecule has 0 atom stereocenters. The molecule has 132 valence electrons. The van der Waals surface area contributed by atoms with E-state index in [1.807, 2.05) is 0 Å². The van der Waals surface area contributed by atoms with E-state index in [0.717, 1.165) is 31.7 Å². The highest BCUT2D eigenvalue weighted by molar-refractivity contribution is 5.95. The van der Waals surface area contributed by atoms with Crippen molar-refractivity contribution >= 4 is 17.8 Å². The molecule has 9 heteroatoms. The number of amides is 2. The molecule has 8 nitrogen and oxygen atoms in total. The number of nitrogens with zero attached hydrogens (tertiary/aromatic N) is 1. The van der Waals surface area contributed by atoms with E-state index < -0.39 is 17.8 Å². The molecule has 1 aliphatic carbocycles. The highest BCUT2D eigenvalue weighted by Gasteiger charge is 2.24. The summed E-state index contributed by atoms with van der Waals surface area (Å²) >= 11 is 0. The van der Waals surface area contributed by atoms with Crippen LogP contribution < -0.4 is 21.1 Å². The van der Waals surface area contributed by atoms with Crippen LogP contribution in [-0.2, 0) is 0 Å². The number of nitrogens with one attached hydrogen (secondary N) is 2. The summed E-state index contributed by atoms with van der Waals surface area (Å²) < 4.78 is 19.1. The second-order valence-electron chi connectivity index (χ2n) is 5.79. The Morgan fingerprint density at radius 1 is 1.42 bits per heavy atom. The second-order valence-corrected chi connectivity index (χ2v) is 5.79. The summed E-state index contributed by atoms with van der Waals surface area (Å²) in [5, 5.41) is 14.0. The van der Waals surface area contributed by atoms with Gasteiger partial charge in [0.1, 0.15) is 5.56 Å². The van der Waals surface area contributed by atoms with Gasteiger partial charge in [-0.3, -0.25) is 4.79 Å². The highest BCUT2D eigenvalue weighted by atomic mass is 19.1. The lowest BCUT2D eigenvalue weighted by Gasteiger charge is -2.29. The molecule has 1 aliphatic rings. The van der Waals surface area contributed by atoms with Crippen LogP contribution in [0, 0.1) is 11.7 Å². The highest BCUT2D eigenvalue weighted by Crippen LogP contribution is 2.28. The van der Waals surface area contributed by atoms with Gasteiger partial charge < -0.3 is 26.2 Å². The average molecular weight is 340 g/mol. The number of carbonyl (C=O) groups excluding carboxylic acids is 1. The van der Waals surface area contributed by atoms with E-state index in [9.17, 15) is 14.0 Å². The number of halogens is 1. The first kappa shape index (κ1) is 17.8. The number of rotatable bonds is 6. The fourth-order valence-electron chi connectivity index (χ4n) is 2.84. The molecule has 1 fully saturated rings. The Labute approximate surface area is 138 Å². The lowest BCUT2D eigenvalue weighted by atomic mass is 9.86. The first-order chi connectivity index (χ1) is 11.4. The Balaban J connectivity index is 1.97. The van der Waals surface area contributed by atoms with Gasteiger partial charge in [-0.15, -0.1) is 0 Å². The molecular weight excluding hydrogens is 319 g/mol. The van der Waals surface area contributed by atoms with Crippen molar-refractivity contribution in [3.05, 3.63) is 17.4 Å². The number of nitrogens with two attached hydrogens (primary N) is 1. The second kappa shape index (κ2) is 7.80. The van der Waals surface area contributed by atoms with Crippen LogP contribution in [0.1, 0.15) is 36.0 Å². The Kier molecular flexibility index (Phi) is 5.78. The van der Waals surface area contributed by atoms with Gasteiger partial charge in [0.25, 0.3) is 5.91 Å². The van der Waals surface area contributed by atoms with Crippen LogP contribution in [0.4, 0.5) is 15.0 Å². The number of carbonyl (C=O) groups is 2. The zero-order valence-corrected chi connectivity index (χ0v) is 13.3. The SMILES string of the molecule is COc1nc(NC2CCC(CNC(=O)O)CC2)c(F)cc1C(N)=O. The molecule has 24 heavy (non-hydrogen) atoms. The van der Waals surface area contributed by atoms with Gasteiger partial charge >= 0.3 is 6.09 Å². The average Bonchev–Trinajstić information content (AvgIpc) is 2.55. The van der Waals surface area contributed by atoms with Crippen molar-refractivity contribution in [3.63, 3.8) is 0 Å². The van der Waals surface area contributed by atoms with Crippen molar-refractivity contribution in [3.8, 4) is 5.88 Å². The van der Waals surface area contributed by atoms with Crippen LogP contribution in [0.15, 0.2) is 6.07 Å². The molecule has 0 spiro atoms. The largest absolute Gasteiger partial charge is 0.480 e. The molecule has 0 aliphatic heterocycles. The molecule has 1 aromatic rings. The van der Waals surface area contributed by atoms with Crippen molar-refractivity contribution < 1.29 is 23.8 Å². The molecule has 0 bridgehead atoms. The number of carboxylic acid groups (broad SMARTS) is 1. The summed E-state index contributed by atoms with van der Waals surface area (Å²) in [5.41, 5.74) is 5.06. The molecule has 0 radical (unpaired) electrons. The third-order valence-corrected chi connectivity index (χ3v) is 4.13. The molecule has 0 aromatic carbocycles. The van der Waals surface area contributed by atoms with E-state index >= 15 is 0 Å². The minimum absolute atomic E-state index is 0.0176. The van der Waals surface area contributed by atoms with E-state index in [1.54, 1.807) is 0 Å². The normalized spacial score (nSPS) is 20.2. The number of primary amides is 1. The van der Waals surface area contributed by atoms with Crippen LogP contribution in [0.3, 0.4) is 0 Å². The maximum absolute atomic E-state index is 14.1. The summed E-state index contributed by atoms with van der Waals surface area (Å²) in [4.78, 5) is 25.7. The predicted octanol–water partition coefficient (Wildman–Crippen LogP) is 1.57. The van der Waals surface area contributed by atoms with E-state index in [0.29, 0.717) is 6.54 Å². The van der Waals surface area contributed by atoms with Gasteiger partial charge in [-0.25, -0.2) is 9.18 Å². The number of aromatic nitrogens is 1. The lowest BCUT2D eigenvalue weighted by molar-refractivity contribution is 0.0996. The van der Waals surface area contributed by atoms with Crippen LogP contribution in [0.5, 0.6) is 5.88 Å². The van der Waals surface area contributed by atoms with Gasteiger partial charge in [0.2, 0.25) is 5.88 Å². The van der Waals surface area contributed by atoms with Gasteiger partial charge in [0.15, 0.2) is 11.6 Å². The predicted molar refractivity (Wildman–Crippen MR) is 84.7 cm³/mol. The number of hydrogen-bond acceptors (Lipinski definition) is 5. The standard InChI is InChI=1S/C15H21FN4O4/c1-24-14-10(12(17)21)6-11(16)13(20-14)19-9-4-2-8(3-5-9)7-18-15(22)23/h6,8-9,18H,2-5,7H2,1H3,(H2,17,21)(H,19,20)(H,22,23). The monoisotopic (exact) mass is 340 g/mol. The molecular formula is C15H21FN4O4. The quantitative estimate of drug-likeness (QED) is 0.622. The van der Waals surface area contributed by atoms with Crippen LogP contribution in [0.25, 0.3) is 0 Å². The molecule has 0 unspecified atom stereocenters. The molecule has 0 saturated heterocycles. The molecule has 1 saturated carbocycles. The summed E-state index contributed by atoms with van der Waals surface area (Å²) in [7, 11) is 1.33. The van der Waals surface area contributed by atoms with E-state index in [-0.39, 0.29) is 29.2 Å². The van der Waals surface area contributed by atoms with E-state index in [1.165, 1.54) is 7.11 Å². The topological polar surface area (TPSA) is 127 Å². The minimum Gasteiger partial charge on any atom is -0.480 e. The van der Waals surface area contributed by atoms with E-state index in [4.69, 9.17) is 15.6 Å². The summed E-state index contributed by atoms with van der Waals surface area (Å²) in [6, 6.07) is 1.04. The summed E-state index contributed by atoms with van der Waals surface area (Å²) in [5.74, 6) is -1.20. The smallest absolute Gasteiger partial charge is 0.404 e. The minimum atomic E-state index is -1.02. The Hall–Kier alpha value is -2.58. The zero-order chi connectivity index (χ0) is 17.7. The first-order valence-electron chi connectivity index (χ1n) is 7.68. The maximum Gasteiger partial charge on any atom is 0.404 e. The third kappa shape index (κ3) is 4.46. The Bertz CT molecular complexity index is 618. The Morgan fingerprint density at radius 3 is 2.62 bits per heavy atom. The number of anilines is 1. The summed E-state index contributed by atoms with van der Waals surface area (Å²) in [6.45, 7) is 0.426. The first-order valence-corrected chi connectivity index (χ1v) is 7.68. The van der Waals surface area contributed by atoms with Gasteiger partial charge in [-0.1, -0.05) is 0 Å². The van der Waals surface area contributed by atoms with Crippen molar-refractivity contribution in [1.29, 1.82) is 0 Å². The zero-order valence-electron chi connectivity index (χ0n) is 13.3. The van der Waals surface area contributed by atoms with Crippen molar-refractivity contribution in [2.24, 2.45) is 11.7 Å². The number of methoxy groups -OCH3 is 1. The molecule has 1 heterocycles. The lowest BCUT2D eigenvalue weighted by Crippen LogP contribution is -2.33. The molecule has 1 aromatic heterocycles. The van der Waals surface area contributed by atoms with Gasteiger partial charge in [-0.05, 0) is 37.7 Å². The number of ether oxygens (including phenoxy) is 1. The van der Waals surface area contributed by atoms with Crippen LogP contribution >= 0.6 is 0 Å². The van der Waals surface area contributed by atoms with Gasteiger partial charge in [0.05, 0.1) is 7.11 Å². The van der Waals surface area contributed by atoms with Crippen molar-refractivity contribution in [2.45, 2.75) is 31.7 Å². The molecule has 5 N–H and O–H groups in total. The number of pyridine rings is 1. The fraction of sp³-hybridized carbons (Fsp3) is 0.533. The van der Waals surface area contributed by atoms with Gasteiger partial charge in [-0.2, -0.15) is 4.98 Å². The summed E-state index contributed by atoms with van der Waals surface area (Å²) in [6.07, 6.45) is 2.18. The van der Waals surface area contributed by atoms with Gasteiger partial charge in [0, 0.05) is 12.6 Å². The molecule has 2 amide bonds. The number of hydrogen-bond donors (Lipinski definition) is 4. The van der Waals surface area contributed by atoms with Crippen LogP contribution in [-0.4, -0.2) is 41.8 Å². The molecule has 2 rings (SSSR count). The van der Waals surface area contributed by atoms with Crippen molar-refractivity contribution in [2.75, 3.05) is 19.0 Å². The fourth-order valence-corrected chi connectivity index (χ4v) is 2.84. The maximum atomic E-state index is 14.1. The Morgan fingerprint density at radius 2 is 2.08 bits per heavy atom. The van der Waals surface area contributed by atoms with Crippen LogP contribution in [0.2, 0.25) is 0 Å².